The van der Waals surface area contributed by atoms with Gasteiger partial charge in [-0.25, -0.2) is 0 Å². The normalized spacial score (nSPS) is 35.8. The number of aliphatic carboxylic acids is 2. The average Bonchev–Trinajstić information content (AvgIpc) is 3.24. The Labute approximate surface area is 116 Å². The van der Waals surface area contributed by atoms with Crippen LogP contribution in [0.4, 0.5) is 0 Å². The van der Waals surface area contributed by atoms with Crippen LogP contribution in [0.15, 0.2) is 11.1 Å². The Morgan fingerprint density at radius 1 is 0.900 bits per heavy atom. The van der Waals surface area contributed by atoms with Crippen molar-refractivity contribution < 1.29 is 29.3 Å². The van der Waals surface area contributed by atoms with Crippen molar-refractivity contribution in [2.24, 2.45) is 11.8 Å². The second-order valence-corrected chi connectivity index (χ2v) is 5.82. The van der Waals surface area contributed by atoms with Crippen molar-refractivity contribution in [1.29, 1.82) is 0 Å². The standard InChI is InChI=1S/C14H18O6/c15-13(16)11-3-7(1-9-5-19-9)8(2-10-6-20-10)4-12(11)14(17)18/h9-12H,1-6H2,(H,15,16)(H,17,18). The van der Waals surface area contributed by atoms with Crippen molar-refractivity contribution in [3.05, 3.63) is 11.1 Å². The first-order chi connectivity index (χ1) is 9.54. The zero-order valence-corrected chi connectivity index (χ0v) is 11.1. The lowest BCUT2D eigenvalue weighted by atomic mass is 9.73. The van der Waals surface area contributed by atoms with Crippen molar-refractivity contribution in [3.8, 4) is 0 Å². The van der Waals surface area contributed by atoms with Crippen molar-refractivity contribution in [2.45, 2.75) is 37.9 Å². The van der Waals surface area contributed by atoms with Crippen LogP contribution in [0.2, 0.25) is 0 Å². The lowest BCUT2D eigenvalue weighted by molar-refractivity contribution is -0.154. The molecule has 3 aliphatic rings. The molecule has 0 bridgehead atoms. The maximum absolute atomic E-state index is 11.3. The molecule has 4 unspecified atom stereocenters. The highest BCUT2D eigenvalue weighted by molar-refractivity contribution is 5.81. The summed E-state index contributed by atoms with van der Waals surface area (Å²) in [6.45, 7) is 1.44. The fraction of sp³-hybridized carbons (Fsp3) is 0.714. The van der Waals surface area contributed by atoms with Crippen molar-refractivity contribution in [2.75, 3.05) is 13.2 Å². The number of carboxylic acids is 2. The molecule has 1 aliphatic carbocycles. The Hall–Kier alpha value is -1.40. The molecule has 0 radical (unpaired) electrons. The van der Waals surface area contributed by atoms with Gasteiger partial charge >= 0.3 is 11.9 Å². The van der Waals surface area contributed by atoms with Crippen LogP contribution >= 0.6 is 0 Å². The SMILES string of the molecule is O=C(O)C1CC(CC2CO2)=C(CC2CO2)CC1C(=O)O. The number of ether oxygens (including phenoxy) is 2. The van der Waals surface area contributed by atoms with Crippen LogP contribution in [-0.2, 0) is 19.1 Å². The Bertz CT molecular complexity index is 418. The minimum Gasteiger partial charge on any atom is -0.481 e. The topological polar surface area (TPSA) is 99.7 Å². The molecule has 0 saturated carbocycles. The zero-order chi connectivity index (χ0) is 14.3. The Morgan fingerprint density at radius 2 is 1.25 bits per heavy atom. The van der Waals surface area contributed by atoms with Gasteiger partial charge in [-0.1, -0.05) is 11.1 Å². The van der Waals surface area contributed by atoms with Gasteiger partial charge in [0.1, 0.15) is 0 Å². The lowest BCUT2D eigenvalue weighted by Gasteiger charge is -2.30. The van der Waals surface area contributed by atoms with E-state index >= 15 is 0 Å². The van der Waals surface area contributed by atoms with E-state index in [4.69, 9.17) is 9.47 Å². The zero-order valence-electron chi connectivity index (χ0n) is 11.1. The second kappa shape index (κ2) is 5.18. The largest absolute Gasteiger partial charge is 0.481 e. The molecule has 2 aliphatic heterocycles. The van der Waals surface area contributed by atoms with Crippen LogP contribution in [0.3, 0.4) is 0 Å². The Morgan fingerprint density at radius 3 is 1.50 bits per heavy atom. The third kappa shape index (κ3) is 3.02. The summed E-state index contributed by atoms with van der Waals surface area (Å²) in [4.78, 5) is 22.6. The molecule has 0 spiro atoms. The number of carbonyl (C=O) groups is 2. The Balaban J connectivity index is 1.82. The number of carboxylic acid groups (broad SMARTS) is 2. The van der Waals surface area contributed by atoms with Gasteiger partial charge in [0.2, 0.25) is 0 Å². The first kappa shape index (κ1) is 13.6. The van der Waals surface area contributed by atoms with Crippen molar-refractivity contribution >= 4 is 11.9 Å². The van der Waals surface area contributed by atoms with E-state index in [-0.39, 0.29) is 12.2 Å². The predicted octanol–water partition coefficient (Wildman–Crippen LogP) is 1.06. The second-order valence-electron chi connectivity index (χ2n) is 5.82. The highest BCUT2D eigenvalue weighted by Crippen LogP contribution is 2.41. The van der Waals surface area contributed by atoms with Crippen LogP contribution < -0.4 is 0 Å². The third-order valence-corrected chi connectivity index (χ3v) is 4.31. The van der Waals surface area contributed by atoms with Gasteiger partial charge in [0.05, 0.1) is 37.3 Å². The summed E-state index contributed by atoms with van der Waals surface area (Å²) in [5.74, 6) is -3.70. The summed E-state index contributed by atoms with van der Waals surface area (Å²) in [5, 5.41) is 18.5. The molecule has 4 atom stereocenters. The molecule has 0 aromatic carbocycles. The fourth-order valence-electron chi connectivity index (χ4n) is 3.00. The predicted molar refractivity (Wildman–Crippen MR) is 67.2 cm³/mol. The summed E-state index contributed by atoms with van der Waals surface area (Å²) >= 11 is 0. The van der Waals surface area contributed by atoms with Crippen LogP contribution in [-0.4, -0.2) is 47.6 Å². The van der Waals surface area contributed by atoms with Crippen molar-refractivity contribution in [3.63, 3.8) is 0 Å². The number of rotatable bonds is 6. The monoisotopic (exact) mass is 282 g/mol. The first-order valence-electron chi connectivity index (χ1n) is 6.93. The highest BCUT2D eigenvalue weighted by atomic mass is 16.6. The molecular formula is C14H18O6. The summed E-state index contributed by atoms with van der Waals surface area (Å²) in [6, 6.07) is 0. The van der Waals surface area contributed by atoms with Crippen LogP contribution in [0.1, 0.15) is 25.7 Å². The average molecular weight is 282 g/mol. The van der Waals surface area contributed by atoms with Gasteiger partial charge in [0.25, 0.3) is 0 Å². The van der Waals surface area contributed by atoms with Gasteiger partial charge < -0.3 is 19.7 Å². The fourth-order valence-corrected chi connectivity index (χ4v) is 3.00. The lowest BCUT2D eigenvalue weighted by Crippen LogP contribution is -2.34. The molecule has 0 aromatic heterocycles. The van der Waals surface area contributed by atoms with Crippen LogP contribution in [0.25, 0.3) is 0 Å². The molecule has 110 valence electrons. The van der Waals surface area contributed by atoms with Gasteiger partial charge in [-0.15, -0.1) is 0 Å². The van der Waals surface area contributed by atoms with E-state index in [1.807, 2.05) is 0 Å². The van der Waals surface area contributed by atoms with E-state index in [2.05, 4.69) is 0 Å². The third-order valence-electron chi connectivity index (χ3n) is 4.31. The van der Waals surface area contributed by atoms with Crippen LogP contribution in [0, 0.1) is 11.8 Å². The van der Waals surface area contributed by atoms with Gasteiger partial charge in [-0.3, -0.25) is 9.59 Å². The van der Waals surface area contributed by atoms with E-state index in [0.29, 0.717) is 12.8 Å². The molecule has 0 aromatic rings. The van der Waals surface area contributed by atoms with E-state index < -0.39 is 23.8 Å². The van der Waals surface area contributed by atoms with E-state index in [1.54, 1.807) is 0 Å². The van der Waals surface area contributed by atoms with Crippen molar-refractivity contribution in [1.82, 2.24) is 0 Å². The van der Waals surface area contributed by atoms with Gasteiger partial charge in [-0.2, -0.15) is 0 Å². The molecule has 2 N–H and O–H groups in total. The molecule has 2 heterocycles. The summed E-state index contributed by atoms with van der Waals surface area (Å²) < 4.78 is 10.4. The van der Waals surface area contributed by atoms with E-state index in [9.17, 15) is 19.8 Å². The first-order valence-corrected chi connectivity index (χ1v) is 6.93. The van der Waals surface area contributed by atoms with Crippen LogP contribution in [0.5, 0.6) is 0 Å². The van der Waals surface area contributed by atoms with Gasteiger partial charge in [0, 0.05) is 0 Å². The molecule has 6 heteroatoms. The maximum Gasteiger partial charge on any atom is 0.307 e. The quantitative estimate of drug-likeness (QED) is 0.558. The van der Waals surface area contributed by atoms with E-state index in [1.165, 1.54) is 0 Å². The summed E-state index contributed by atoms with van der Waals surface area (Å²) in [6.07, 6.45) is 2.51. The highest BCUT2D eigenvalue weighted by Gasteiger charge is 2.41. The minimum atomic E-state index is -1.02. The minimum absolute atomic E-state index is 0.191. The smallest absolute Gasteiger partial charge is 0.307 e. The maximum atomic E-state index is 11.3. The molecule has 0 amide bonds. The molecule has 20 heavy (non-hydrogen) atoms. The molecule has 6 nitrogen and oxygen atoms in total. The Kier molecular flexibility index (Phi) is 3.52. The van der Waals surface area contributed by atoms with Gasteiger partial charge in [0.15, 0.2) is 0 Å². The molecule has 2 saturated heterocycles. The number of hydrogen-bond donors (Lipinski definition) is 2. The molecule has 3 rings (SSSR count). The summed E-state index contributed by atoms with van der Waals surface area (Å²) in [7, 11) is 0. The number of hydrogen-bond acceptors (Lipinski definition) is 4. The molecule has 2 fully saturated rings. The molecular weight excluding hydrogens is 264 g/mol. The summed E-state index contributed by atoms with van der Waals surface area (Å²) in [5.41, 5.74) is 2.15. The van der Waals surface area contributed by atoms with E-state index in [0.717, 1.165) is 37.2 Å². The van der Waals surface area contributed by atoms with Gasteiger partial charge in [-0.05, 0) is 25.7 Å². The number of epoxide rings is 2.